The highest BCUT2D eigenvalue weighted by Gasteiger charge is 2.39. The van der Waals surface area contributed by atoms with Crippen molar-refractivity contribution in [3.63, 3.8) is 0 Å². The summed E-state index contributed by atoms with van der Waals surface area (Å²) in [5, 5.41) is 21.6. The molecule has 1 heterocycles. The molecule has 0 radical (unpaired) electrons. The van der Waals surface area contributed by atoms with Gasteiger partial charge in [0.25, 0.3) is 0 Å². The summed E-state index contributed by atoms with van der Waals surface area (Å²) < 4.78 is 5.42. The van der Waals surface area contributed by atoms with Crippen LogP contribution >= 0.6 is 0 Å². The van der Waals surface area contributed by atoms with E-state index in [-0.39, 0.29) is 18.0 Å². The highest BCUT2D eigenvalue weighted by Crippen LogP contribution is 2.32. The molecule has 24 heavy (non-hydrogen) atoms. The summed E-state index contributed by atoms with van der Waals surface area (Å²) in [7, 11) is 0. The molecule has 0 amide bonds. The number of esters is 1. The lowest BCUT2D eigenvalue weighted by Crippen LogP contribution is -2.46. The molecule has 3 unspecified atom stereocenters. The van der Waals surface area contributed by atoms with Gasteiger partial charge in [0.2, 0.25) is 0 Å². The van der Waals surface area contributed by atoms with E-state index in [9.17, 15) is 15.0 Å². The van der Waals surface area contributed by atoms with Crippen LogP contribution in [0.3, 0.4) is 0 Å². The average molecular weight is 334 g/mol. The van der Waals surface area contributed by atoms with Gasteiger partial charge in [0.05, 0.1) is 5.60 Å². The molecular weight excluding hydrogens is 304 g/mol. The number of hydrogen-bond donors (Lipinski definition) is 2. The molecule has 0 aromatic carbocycles. The van der Waals surface area contributed by atoms with E-state index in [4.69, 9.17) is 4.74 Å². The smallest absolute Gasteiger partial charge is 0.334 e. The first-order chi connectivity index (χ1) is 11.2. The number of fused-ring (bicyclic) bond motifs is 1. The largest absolute Gasteiger partial charge is 0.454 e. The topological polar surface area (TPSA) is 66.8 Å². The van der Waals surface area contributed by atoms with Crippen molar-refractivity contribution in [3.8, 4) is 0 Å². The lowest BCUT2D eigenvalue weighted by Gasteiger charge is -2.36. The molecule has 134 valence electrons. The Hall–Kier alpha value is -1.39. The molecule has 0 aromatic rings. The van der Waals surface area contributed by atoms with Crippen LogP contribution in [0.15, 0.2) is 34.9 Å². The monoisotopic (exact) mass is 334 g/mol. The Morgan fingerprint density at radius 1 is 1.21 bits per heavy atom. The predicted molar refractivity (Wildman–Crippen MR) is 94.4 cm³/mol. The zero-order chi connectivity index (χ0) is 17.9. The van der Waals surface area contributed by atoms with Gasteiger partial charge < -0.3 is 14.9 Å². The number of ether oxygens (including phenoxy) is 1. The fourth-order valence-corrected chi connectivity index (χ4v) is 3.38. The number of aliphatic hydroxyl groups excluding tert-OH is 1. The normalized spacial score (nSPS) is 32.6. The summed E-state index contributed by atoms with van der Waals surface area (Å²) in [6.07, 6.45) is 7.82. The van der Waals surface area contributed by atoms with Crippen molar-refractivity contribution in [1.29, 1.82) is 0 Å². The van der Waals surface area contributed by atoms with Gasteiger partial charge in [-0.3, -0.25) is 0 Å². The molecule has 1 aliphatic heterocycles. The maximum atomic E-state index is 12.0. The number of carbonyl (C=O) groups excluding carboxylic acids is 1. The van der Waals surface area contributed by atoms with Gasteiger partial charge >= 0.3 is 5.97 Å². The highest BCUT2D eigenvalue weighted by molar-refractivity contribution is 5.90. The van der Waals surface area contributed by atoms with E-state index in [0.29, 0.717) is 18.4 Å². The Morgan fingerprint density at radius 3 is 2.58 bits per heavy atom. The first-order valence-corrected chi connectivity index (χ1v) is 8.87. The number of rotatable bonds is 1. The van der Waals surface area contributed by atoms with Crippen molar-refractivity contribution in [2.75, 3.05) is 0 Å². The first kappa shape index (κ1) is 18.9. The third-order valence-electron chi connectivity index (χ3n) is 5.21. The van der Waals surface area contributed by atoms with E-state index in [1.807, 2.05) is 26.8 Å². The Balaban J connectivity index is 2.31. The van der Waals surface area contributed by atoms with Crippen LogP contribution in [0.4, 0.5) is 0 Å². The zero-order valence-electron chi connectivity index (χ0n) is 15.2. The summed E-state index contributed by atoms with van der Waals surface area (Å²) >= 11 is 0. The van der Waals surface area contributed by atoms with Gasteiger partial charge in [-0.05, 0) is 51.5 Å². The zero-order valence-corrected chi connectivity index (χ0v) is 15.2. The predicted octanol–water partition coefficient (Wildman–Crippen LogP) is 3.44. The van der Waals surface area contributed by atoms with Crippen LogP contribution in [0, 0.1) is 5.92 Å². The third-order valence-corrected chi connectivity index (χ3v) is 5.21. The van der Waals surface area contributed by atoms with E-state index in [1.54, 1.807) is 6.08 Å². The molecule has 0 saturated carbocycles. The van der Waals surface area contributed by atoms with E-state index in [1.165, 1.54) is 5.57 Å². The van der Waals surface area contributed by atoms with Gasteiger partial charge in [-0.1, -0.05) is 37.1 Å². The molecule has 0 spiro atoms. The van der Waals surface area contributed by atoms with Crippen molar-refractivity contribution in [1.82, 2.24) is 0 Å². The van der Waals surface area contributed by atoms with Crippen LogP contribution in [-0.4, -0.2) is 34.0 Å². The lowest BCUT2D eigenvalue weighted by molar-refractivity contribution is -0.140. The SMILES string of the molecule is CC1=CC(O)C(O)(C(C)C)CCC2=CC(CC(C)=CCC1)OC2=O. The highest BCUT2D eigenvalue weighted by atomic mass is 16.5. The van der Waals surface area contributed by atoms with Gasteiger partial charge in [-0.25, -0.2) is 4.79 Å². The van der Waals surface area contributed by atoms with Gasteiger partial charge in [0.1, 0.15) is 12.2 Å². The first-order valence-electron chi connectivity index (χ1n) is 8.87. The van der Waals surface area contributed by atoms with Crippen molar-refractivity contribution in [3.05, 3.63) is 34.9 Å². The van der Waals surface area contributed by atoms with Gasteiger partial charge in [0.15, 0.2) is 0 Å². The minimum Gasteiger partial charge on any atom is -0.454 e. The lowest BCUT2D eigenvalue weighted by atomic mass is 9.79. The van der Waals surface area contributed by atoms with E-state index < -0.39 is 11.7 Å². The van der Waals surface area contributed by atoms with Gasteiger partial charge in [-0.2, -0.15) is 0 Å². The Kier molecular flexibility index (Phi) is 6.05. The van der Waals surface area contributed by atoms with Crippen molar-refractivity contribution in [2.45, 2.75) is 77.6 Å². The third kappa shape index (κ3) is 4.37. The standard InChI is InChI=1S/C20H30O4/c1-13(2)20(23)9-8-16-12-17(24-19(16)22)10-14(3)6-5-7-15(4)11-18(20)21/h6,11-13,17-18,21,23H,5,7-10H2,1-4H3. The quantitative estimate of drug-likeness (QED) is 0.569. The molecule has 0 saturated heterocycles. The molecule has 4 heteroatoms. The Bertz CT molecular complexity index is 570. The molecule has 2 N–H and O–H groups in total. The van der Waals surface area contributed by atoms with E-state index >= 15 is 0 Å². The Morgan fingerprint density at radius 2 is 1.92 bits per heavy atom. The summed E-state index contributed by atoms with van der Waals surface area (Å²) in [6, 6.07) is 0. The van der Waals surface area contributed by atoms with Gasteiger partial charge in [-0.15, -0.1) is 0 Å². The maximum absolute atomic E-state index is 12.0. The van der Waals surface area contributed by atoms with Gasteiger partial charge in [0, 0.05) is 12.0 Å². The summed E-state index contributed by atoms with van der Waals surface area (Å²) in [4.78, 5) is 12.0. The van der Waals surface area contributed by atoms with Crippen molar-refractivity contribution < 1.29 is 19.7 Å². The second-order valence-electron chi connectivity index (χ2n) is 7.53. The van der Waals surface area contributed by atoms with Crippen LogP contribution in [0.1, 0.15) is 59.8 Å². The van der Waals surface area contributed by atoms with Crippen molar-refractivity contribution >= 4 is 5.97 Å². The molecule has 1 aliphatic carbocycles. The summed E-state index contributed by atoms with van der Waals surface area (Å²) in [5.74, 6) is -0.421. The molecule has 2 bridgehead atoms. The second-order valence-corrected chi connectivity index (χ2v) is 7.53. The molecule has 0 aromatic heterocycles. The molecular formula is C20H30O4. The average Bonchev–Trinajstić information content (AvgIpc) is 2.83. The fraction of sp³-hybridized carbons (Fsp3) is 0.650. The molecule has 2 rings (SSSR count). The number of hydrogen-bond acceptors (Lipinski definition) is 4. The van der Waals surface area contributed by atoms with Crippen LogP contribution in [-0.2, 0) is 9.53 Å². The van der Waals surface area contributed by atoms with E-state index in [2.05, 4.69) is 13.0 Å². The maximum Gasteiger partial charge on any atom is 0.334 e. The van der Waals surface area contributed by atoms with Crippen LogP contribution in [0.2, 0.25) is 0 Å². The fourth-order valence-electron chi connectivity index (χ4n) is 3.38. The number of allylic oxidation sites excluding steroid dienone is 2. The van der Waals surface area contributed by atoms with Crippen LogP contribution in [0.25, 0.3) is 0 Å². The van der Waals surface area contributed by atoms with Crippen molar-refractivity contribution in [2.24, 2.45) is 5.92 Å². The summed E-state index contributed by atoms with van der Waals surface area (Å²) in [5.41, 5.74) is 1.62. The minimum absolute atomic E-state index is 0.125. The Labute approximate surface area is 144 Å². The number of aliphatic hydroxyl groups is 2. The number of carbonyl (C=O) groups is 1. The van der Waals surface area contributed by atoms with Crippen LogP contribution < -0.4 is 0 Å². The molecule has 3 atom stereocenters. The van der Waals surface area contributed by atoms with Crippen LogP contribution in [0.5, 0.6) is 0 Å². The molecule has 2 aliphatic rings. The molecule has 0 fully saturated rings. The van der Waals surface area contributed by atoms with E-state index in [0.717, 1.165) is 24.8 Å². The minimum atomic E-state index is -1.25. The molecule has 4 nitrogen and oxygen atoms in total. The second kappa shape index (κ2) is 7.66. The summed E-state index contributed by atoms with van der Waals surface area (Å²) in [6.45, 7) is 7.83.